The average Bonchev–Trinajstić information content (AvgIpc) is 2.96. The molecule has 0 aliphatic carbocycles. The molecule has 5 heteroatoms. The van der Waals surface area contributed by atoms with Crippen LogP contribution in [0.15, 0.2) is 36.5 Å². The molecule has 2 aromatic heterocycles. The van der Waals surface area contributed by atoms with E-state index in [2.05, 4.69) is 39.2 Å². The number of H-pyrrole nitrogens is 1. The number of likely N-dealkylation sites (N-methyl/N-ethyl adjacent to an activating group) is 1. The molecule has 3 heterocycles. The normalized spacial score (nSPS) is 22.6. The first-order valence-corrected chi connectivity index (χ1v) is 6.67. The average molecular weight is 272 g/mol. The minimum atomic E-state index is 0.0803. The third-order valence-corrected chi connectivity index (χ3v) is 3.92. The molecule has 98 valence electrons. The summed E-state index contributed by atoms with van der Waals surface area (Å²) in [4.78, 5) is 9.93. The Kier molecular flexibility index (Phi) is 2.98. The first-order chi connectivity index (χ1) is 9.16. The monoisotopic (exact) mass is 272 g/mol. The number of hydrogen-bond donors (Lipinski definition) is 2. The molecule has 0 bridgehead atoms. The van der Waals surface area contributed by atoms with Gasteiger partial charge in [-0.1, -0.05) is 6.07 Å². The van der Waals surface area contributed by atoms with Crippen molar-refractivity contribution in [2.24, 2.45) is 0 Å². The van der Waals surface area contributed by atoms with Crippen LogP contribution in [0, 0.1) is 6.92 Å². The quantitative estimate of drug-likeness (QED) is 0.824. The van der Waals surface area contributed by atoms with Gasteiger partial charge in [0.1, 0.15) is 0 Å². The van der Waals surface area contributed by atoms with Gasteiger partial charge in [-0.2, -0.15) is 0 Å². The molecule has 19 heavy (non-hydrogen) atoms. The highest BCUT2D eigenvalue weighted by Gasteiger charge is 2.38. The molecule has 0 amide bonds. The molecule has 4 nitrogen and oxygen atoms in total. The third kappa shape index (κ3) is 2.10. The number of nitrogens with one attached hydrogen (secondary N) is 2. The summed E-state index contributed by atoms with van der Waals surface area (Å²) in [6.45, 7) is 2.06. The predicted octanol–water partition coefficient (Wildman–Crippen LogP) is 2.32. The largest absolute Gasteiger partial charge is 0.361 e. The van der Waals surface area contributed by atoms with E-state index >= 15 is 0 Å². The minimum absolute atomic E-state index is 0.0803. The third-order valence-electron chi connectivity index (χ3n) is 3.51. The van der Waals surface area contributed by atoms with Crippen LogP contribution >= 0.6 is 12.2 Å². The van der Waals surface area contributed by atoms with Crippen LogP contribution in [0.25, 0.3) is 0 Å². The standard InChI is InChI=1S/C14H16N4S/c1-9-6-7-11(16-9)13-12(17-14(19)18(13)2)10-5-3-4-8-15-10/h3-8,12-13,16H,1-2H3,(H,17,19)/t12-,13-/m0/s1. The number of aromatic amines is 1. The number of aryl methyl sites for hydroxylation is 1. The van der Waals surface area contributed by atoms with Crippen molar-refractivity contribution >= 4 is 17.3 Å². The second-order valence-corrected chi connectivity index (χ2v) is 5.22. The Morgan fingerprint density at radius 2 is 2.11 bits per heavy atom. The minimum Gasteiger partial charge on any atom is -0.361 e. The van der Waals surface area contributed by atoms with Crippen molar-refractivity contribution in [2.75, 3.05) is 7.05 Å². The van der Waals surface area contributed by atoms with E-state index in [4.69, 9.17) is 12.2 Å². The number of pyridine rings is 1. The summed E-state index contributed by atoms with van der Waals surface area (Å²) in [5, 5.41) is 4.11. The summed E-state index contributed by atoms with van der Waals surface area (Å²) < 4.78 is 0. The number of nitrogens with zero attached hydrogens (tertiary/aromatic N) is 2. The van der Waals surface area contributed by atoms with Crippen LogP contribution < -0.4 is 5.32 Å². The summed E-state index contributed by atoms with van der Waals surface area (Å²) in [7, 11) is 2.01. The zero-order chi connectivity index (χ0) is 13.4. The van der Waals surface area contributed by atoms with Gasteiger partial charge in [0.05, 0.1) is 17.8 Å². The van der Waals surface area contributed by atoms with Crippen molar-refractivity contribution in [3.05, 3.63) is 53.6 Å². The number of thiocarbonyl (C=S) groups is 1. The van der Waals surface area contributed by atoms with E-state index in [0.717, 1.165) is 22.2 Å². The van der Waals surface area contributed by atoms with E-state index in [-0.39, 0.29) is 12.1 Å². The molecule has 2 N–H and O–H groups in total. The van der Waals surface area contributed by atoms with Crippen LogP contribution in [-0.2, 0) is 0 Å². The second-order valence-electron chi connectivity index (χ2n) is 4.83. The van der Waals surface area contributed by atoms with Gasteiger partial charge in [0, 0.05) is 24.6 Å². The van der Waals surface area contributed by atoms with E-state index in [0.29, 0.717) is 0 Å². The lowest BCUT2D eigenvalue weighted by atomic mass is 10.0. The highest BCUT2D eigenvalue weighted by atomic mass is 32.1. The molecule has 1 saturated heterocycles. The zero-order valence-corrected chi connectivity index (χ0v) is 11.7. The van der Waals surface area contributed by atoms with Crippen LogP contribution in [0.4, 0.5) is 0 Å². The molecule has 0 aromatic carbocycles. The molecule has 2 aromatic rings. The van der Waals surface area contributed by atoms with E-state index in [1.54, 1.807) is 0 Å². The maximum atomic E-state index is 5.38. The van der Waals surface area contributed by atoms with E-state index in [1.165, 1.54) is 0 Å². The fourth-order valence-electron chi connectivity index (χ4n) is 2.55. The maximum Gasteiger partial charge on any atom is 0.169 e. The summed E-state index contributed by atoms with van der Waals surface area (Å²) in [5.74, 6) is 0. The first kappa shape index (κ1) is 12.2. The van der Waals surface area contributed by atoms with Gasteiger partial charge in [-0.25, -0.2) is 0 Å². The zero-order valence-electron chi connectivity index (χ0n) is 10.9. The van der Waals surface area contributed by atoms with Crippen molar-refractivity contribution in [1.29, 1.82) is 0 Å². The van der Waals surface area contributed by atoms with Crippen LogP contribution in [-0.4, -0.2) is 27.0 Å². The number of aromatic nitrogens is 2. The van der Waals surface area contributed by atoms with Gasteiger partial charge in [-0.3, -0.25) is 4.98 Å². The van der Waals surface area contributed by atoms with Crippen molar-refractivity contribution in [3.8, 4) is 0 Å². The molecule has 0 unspecified atom stereocenters. The van der Waals surface area contributed by atoms with E-state index in [1.807, 2.05) is 31.4 Å². The van der Waals surface area contributed by atoms with Crippen molar-refractivity contribution < 1.29 is 0 Å². The highest BCUT2D eigenvalue weighted by molar-refractivity contribution is 7.80. The summed E-state index contributed by atoms with van der Waals surface area (Å²) >= 11 is 5.38. The molecule has 0 saturated carbocycles. The van der Waals surface area contributed by atoms with Crippen LogP contribution in [0.5, 0.6) is 0 Å². The Hall–Kier alpha value is -1.88. The van der Waals surface area contributed by atoms with Crippen molar-refractivity contribution in [2.45, 2.75) is 19.0 Å². The SMILES string of the molecule is Cc1ccc([C@H]2[C@H](c3ccccn3)NC(=S)N2C)[nH]1. The summed E-state index contributed by atoms with van der Waals surface area (Å²) in [6.07, 6.45) is 1.81. The predicted molar refractivity (Wildman–Crippen MR) is 78.7 cm³/mol. The van der Waals surface area contributed by atoms with Crippen molar-refractivity contribution in [1.82, 2.24) is 20.2 Å². The molecular weight excluding hydrogens is 256 g/mol. The fourth-order valence-corrected chi connectivity index (χ4v) is 2.79. The lowest BCUT2D eigenvalue weighted by Gasteiger charge is -2.23. The topological polar surface area (TPSA) is 44.0 Å². The van der Waals surface area contributed by atoms with Crippen LogP contribution in [0.1, 0.15) is 29.2 Å². The Labute approximate surface area is 117 Å². The van der Waals surface area contributed by atoms with Gasteiger partial charge in [0.15, 0.2) is 5.11 Å². The smallest absolute Gasteiger partial charge is 0.169 e. The molecule has 3 rings (SSSR count). The Bertz CT molecular complexity index is 593. The van der Waals surface area contributed by atoms with Gasteiger partial charge >= 0.3 is 0 Å². The molecule has 0 spiro atoms. The van der Waals surface area contributed by atoms with Crippen LogP contribution in [0.3, 0.4) is 0 Å². The van der Waals surface area contributed by atoms with Crippen molar-refractivity contribution in [3.63, 3.8) is 0 Å². The van der Waals surface area contributed by atoms with E-state index in [9.17, 15) is 0 Å². The Morgan fingerprint density at radius 3 is 2.74 bits per heavy atom. The van der Waals surface area contributed by atoms with Crippen LogP contribution in [0.2, 0.25) is 0 Å². The molecule has 1 fully saturated rings. The maximum absolute atomic E-state index is 5.38. The molecule has 1 aliphatic heterocycles. The number of rotatable bonds is 2. The molecule has 0 radical (unpaired) electrons. The number of hydrogen-bond acceptors (Lipinski definition) is 2. The van der Waals surface area contributed by atoms with Gasteiger partial charge in [-0.15, -0.1) is 0 Å². The van der Waals surface area contributed by atoms with Gasteiger partial charge in [0.2, 0.25) is 0 Å². The van der Waals surface area contributed by atoms with Gasteiger partial charge < -0.3 is 15.2 Å². The van der Waals surface area contributed by atoms with Gasteiger partial charge in [-0.05, 0) is 43.4 Å². The second kappa shape index (κ2) is 4.66. The fraction of sp³-hybridized carbons (Fsp3) is 0.286. The molecule has 2 atom stereocenters. The lowest BCUT2D eigenvalue weighted by Crippen LogP contribution is -2.25. The first-order valence-electron chi connectivity index (χ1n) is 6.26. The Balaban J connectivity index is 2.01. The Morgan fingerprint density at radius 1 is 1.26 bits per heavy atom. The van der Waals surface area contributed by atoms with Gasteiger partial charge in [0.25, 0.3) is 0 Å². The summed E-state index contributed by atoms with van der Waals surface area (Å²) in [6, 6.07) is 10.4. The highest BCUT2D eigenvalue weighted by Crippen LogP contribution is 2.36. The lowest BCUT2D eigenvalue weighted by molar-refractivity contribution is 0.361. The molecular formula is C14H16N4S. The molecule has 1 aliphatic rings. The summed E-state index contributed by atoms with van der Waals surface area (Å²) in [5.41, 5.74) is 3.32. The van der Waals surface area contributed by atoms with E-state index < -0.39 is 0 Å².